The lowest BCUT2D eigenvalue weighted by Gasteiger charge is -2.29. The van der Waals surface area contributed by atoms with Crippen LogP contribution in [0.2, 0.25) is 5.02 Å². The second-order valence-corrected chi connectivity index (χ2v) is 9.23. The molecule has 3 heterocycles. The fraction of sp³-hybridized carbons (Fsp3) is 0.438. The van der Waals surface area contributed by atoms with E-state index < -0.39 is 10.0 Å². The number of piperidine rings is 1. The molecule has 0 saturated carbocycles. The van der Waals surface area contributed by atoms with E-state index >= 15 is 0 Å². The predicted molar refractivity (Wildman–Crippen MR) is 98.0 cm³/mol. The van der Waals surface area contributed by atoms with Gasteiger partial charge < -0.3 is 10.1 Å². The summed E-state index contributed by atoms with van der Waals surface area (Å²) in [6, 6.07) is 5.59. The first-order chi connectivity index (χ1) is 12.0. The molecule has 25 heavy (non-hydrogen) atoms. The van der Waals surface area contributed by atoms with Crippen molar-refractivity contribution < 1.29 is 13.2 Å². The molecular weight excluding hydrogens is 382 g/mol. The van der Waals surface area contributed by atoms with Crippen molar-refractivity contribution in [3.63, 3.8) is 0 Å². The second-order valence-electron chi connectivity index (χ2n) is 6.42. The molecule has 0 aliphatic carbocycles. The van der Waals surface area contributed by atoms with Crippen LogP contribution >= 0.6 is 22.9 Å². The fourth-order valence-electron chi connectivity index (χ4n) is 3.48. The first-order valence-corrected chi connectivity index (χ1v) is 10.9. The first kappa shape index (κ1) is 17.1. The highest BCUT2D eigenvalue weighted by Crippen LogP contribution is 2.33. The normalized spacial score (nSPS) is 25.7. The van der Waals surface area contributed by atoms with Crippen LogP contribution in [0.25, 0.3) is 0 Å². The Bertz CT molecular complexity index is 846. The molecule has 2 bridgehead atoms. The standard InChI is InChI=1S/C16H18ClN3O3S2/c17-14-7-13(25(21,22)20-16-8-24-9-18-16)3-4-15(14)23-12-5-10-1-2-11(6-12)19-10/h3-4,7-12,19-20H,1-2,5-6H2/t10-,11?,12?/m0/s1. The number of hydrogen-bond acceptors (Lipinski definition) is 6. The van der Waals surface area contributed by atoms with Gasteiger partial charge in [0.05, 0.1) is 15.4 Å². The Morgan fingerprint density at radius 3 is 2.68 bits per heavy atom. The summed E-state index contributed by atoms with van der Waals surface area (Å²) in [5.41, 5.74) is 1.56. The van der Waals surface area contributed by atoms with Crippen molar-refractivity contribution in [2.24, 2.45) is 0 Å². The van der Waals surface area contributed by atoms with Crippen LogP contribution in [-0.2, 0) is 10.0 Å². The summed E-state index contributed by atoms with van der Waals surface area (Å²) < 4.78 is 33.3. The number of hydrogen-bond donors (Lipinski definition) is 2. The highest BCUT2D eigenvalue weighted by molar-refractivity contribution is 7.92. The van der Waals surface area contributed by atoms with Crippen LogP contribution in [0.3, 0.4) is 0 Å². The number of thiazole rings is 1. The Morgan fingerprint density at radius 2 is 2.04 bits per heavy atom. The minimum absolute atomic E-state index is 0.0863. The molecule has 134 valence electrons. The van der Waals surface area contributed by atoms with Crippen molar-refractivity contribution in [3.05, 3.63) is 34.1 Å². The maximum atomic E-state index is 12.4. The van der Waals surface area contributed by atoms with E-state index in [1.54, 1.807) is 17.0 Å². The van der Waals surface area contributed by atoms with E-state index in [1.807, 2.05) is 0 Å². The first-order valence-electron chi connectivity index (χ1n) is 8.13. The minimum Gasteiger partial charge on any atom is -0.489 e. The lowest BCUT2D eigenvalue weighted by atomic mass is 10.0. The summed E-state index contributed by atoms with van der Waals surface area (Å²) in [6.07, 6.45) is 4.42. The minimum atomic E-state index is -3.72. The predicted octanol–water partition coefficient (Wildman–Crippen LogP) is 3.26. The summed E-state index contributed by atoms with van der Waals surface area (Å²) in [5, 5.41) is 5.49. The number of ether oxygens (including phenoxy) is 1. The summed E-state index contributed by atoms with van der Waals surface area (Å²) >= 11 is 7.60. The SMILES string of the molecule is O=S(=O)(Nc1cscn1)c1ccc(OC2CC3CC[C@@H](C2)N3)c(Cl)c1. The summed E-state index contributed by atoms with van der Waals surface area (Å²) in [5.74, 6) is 0.826. The number of anilines is 1. The van der Waals surface area contributed by atoms with Crippen molar-refractivity contribution in [2.45, 2.75) is 48.8 Å². The van der Waals surface area contributed by atoms with E-state index in [0.717, 1.165) is 12.8 Å². The van der Waals surface area contributed by atoms with Gasteiger partial charge in [0.2, 0.25) is 0 Å². The monoisotopic (exact) mass is 399 g/mol. The number of fused-ring (bicyclic) bond motifs is 2. The largest absolute Gasteiger partial charge is 0.489 e. The van der Waals surface area contributed by atoms with E-state index in [9.17, 15) is 8.42 Å². The molecule has 2 unspecified atom stereocenters. The molecule has 2 aliphatic rings. The van der Waals surface area contributed by atoms with Gasteiger partial charge in [0, 0.05) is 17.5 Å². The Hall–Kier alpha value is -1.35. The van der Waals surface area contributed by atoms with Crippen LogP contribution in [0.15, 0.2) is 34.0 Å². The number of benzene rings is 1. The van der Waals surface area contributed by atoms with Gasteiger partial charge in [-0.2, -0.15) is 0 Å². The van der Waals surface area contributed by atoms with Gasteiger partial charge in [-0.15, -0.1) is 11.3 Å². The highest BCUT2D eigenvalue weighted by atomic mass is 35.5. The van der Waals surface area contributed by atoms with Gasteiger partial charge in [-0.1, -0.05) is 11.6 Å². The zero-order chi connectivity index (χ0) is 17.4. The van der Waals surface area contributed by atoms with Gasteiger partial charge in [0.25, 0.3) is 10.0 Å². The smallest absolute Gasteiger partial charge is 0.263 e. The molecule has 9 heteroatoms. The number of nitrogens with zero attached hydrogens (tertiary/aromatic N) is 1. The zero-order valence-electron chi connectivity index (χ0n) is 13.3. The molecule has 2 aromatic rings. The molecule has 2 aliphatic heterocycles. The van der Waals surface area contributed by atoms with Gasteiger partial charge in [-0.05, 0) is 43.9 Å². The number of aromatic nitrogens is 1. The Labute approximate surface area is 155 Å². The lowest BCUT2D eigenvalue weighted by molar-refractivity contribution is 0.137. The van der Waals surface area contributed by atoms with Crippen molar-refractivity contribution >= 4 is 38.8 Å². The molecule has 3 atom stereocenters. The highest BCUT2D eigenvalue weighted by Gasteiger charge is 2.34. The maximum absolute atomic E-state index is 12.4. The molecule has 2 saturated heterocycles. The van der Waals surface area contributed by atoms with Crippen LogP contribution < -0.4 is 14.8 Å². The van der Waals surface area contributed by atoms with Crippen molar-refractivity contribution in [3.8, 4) is 5.75 Å². The van der Waals surface area contributed by atoms with E-state index in [2.05, 4.69) is 15.0 Å². The third kappa shape index (κ3) is 3.76. The van der Waals surface area contributed by atoms with Crippen LogP contribution in [0, 0.1) is 0 Å². The van der Waals surface area contributed by atoms with Crippen LogP contribution in [0.4, 0.5) is 5.82 Å². The summed E-state index contributed by atoms with van der Waals surface area (Å²) in [7, 11) is -3.72. The molecule has 2 fully saturated rings. The molecule has 6 nitrogen and oxygen atoms in total. The molecule has 1 aromatic heterocycles. The Balaban J connectivity index is 1.49. The molecule has 0 spiro atoms. The van der Waals surface area contributed by atoms with E-state index in [-0.39, 0.29) is 11.0 Å². The van der Waals surface area contributed by atoms with Crippen molar-refractivity contribution in [2.75, 3.05) is 4.72 Å². The Kier molecular flexibility index (Phi) is 4.61. The van der Waals surface area contributed by atoms with Crippen LogP contribution in [-0.4, -0.2) is 31.6 Å². The van der Waals surface area contributed by atoms with Gasteiger partial charge in [0.1, 0.15) is 11.9 Å². The van der Waals surface area contributed by atoms with Gasteiger partial charge in [0.15, 0.2) is 5.82 Å². The van der Waals surface area contributed by atoms with Crippen LogP contribution in [0.1, 0.15) is 25.7 Å². The zero-order valence-corrected chi connectivity index (χ0v) is 15.7. The third-order valence-electron chi connectivity index (χ3n) is 4.61. The molecular formula is C16H18ClN3O3S2. The van der Waals surface area contributed by atoms with E-state index in [0.29, 0.717) is 28.7 Å². The van der Waals surface area contributed by atoms with E-state index in [4.69, 9.17) is 16.3 Å². The van der Waals surface area contributed by atoms with Gasteiger partial charge in [-0.25, -0.2) is 13.4 Å². The fourth-order valence-corrected chi connectivity index (χ4v) is 5.36. The summed E-state index contributed by atoms with van der Waals surface area (Å²) in [6.45, 7) is 0. The quantitative estimate of drug-likeness (QED) is 0.806. The number of sulfonamides is 1. The topological polar surface area (TPSA) is 80.3 Å². The average Bonchev–Trinajstić information content (AvgIpc) is 3.18. The molecule has 4 rings (SSSR count). The maximum Gasteiger partial charge on any atom is 0.263 e. The number of nitrogens with one attached hydrogen (secondary N) is 2. The molecule has 2 N–H and O–H groups in total. The molecule has 0 radical (unpaired) electrons. The molecule has 0 amide bonds. The van der Waals surface area contributed by atoms with Gasteiger partial charge >= 0.3 is 0 Å². The Morgan fingerprint density at radius 1 is 1.28 bits per heavy atom. The summed E-state index contributed by atoms with van der Waals surface area (Å²) in [4.78, 5) is 4.02. The number of halogens is 1. The second kappa shape index (κ2) is 6.75. The third-order valence-corrected chi connectivity index (χ3v) is 6.84. The molecule has 1 aromatic carbocycles. The van der Waals surface area contributed by atoms with E-state index in [1.165, 1.54) is 36.3 Å². The van der Waals surface area contributed by atoms with Gasteiger partial charge in [-0.3, -0.25) is 4.72 Å². The van der Waals surface area contributed by atoms with Crippen molar-refractivity contribution in [1.29, 1.82) is 0 Å². The average molecular weight is 400 g/mol. The van der Waals surface area contributed by atoms with Crippen LogP contribution in [0.5, 0.6) is 5.75 Å². The van der Waals surface area contributed by atoms with Crippen molar-refractivity contribution in [1.82, 2.24) is 10.3 Å². The lowest BCUT2D eigenvalue weighted by Crippen LogP contribution is -2.42. The number of rotatable bonds is 5.